The molecule has 12 heavy (non-hydrogen) atoms. The first-order valence-corrected chi connectivity index (χ1v) is 3.46. The van der Waals surface area contributed by atoms with Gasteiger partial charge in [-0.05, 0) is 5.56 Å². The van der Waals surface area contributed by atoms with Crippen LogP contribution in [0, 0.1) is 0 Å². The number of carbonyl (C=O) groups is 1. The normalized spacial score (nSPS) is 9.08. The van der Waals surface area contributed by atoms with Crippen LogP contribution < -0.4 is 5.32 Å². The van der Waals surface area contributed by atoms with Gasteiger partial charge in [0.05, 0.1) is 0 Å². The summed E-state index contributed by atoms with van der Waals surface area (Å²) in [5.41, 5.74) is 0.947. The lowest BCUT2D eigenvalue weighted by molar-refractivity contribution is -0.177. The average Bonchev–Trinajstić information content (AvgIpc) is 2.16. The predicted octanol–water partition coefficient (Wildman–Crippen LogP) is 1.39. The van der Waals surface area contributed by atoms with Gasteiger partial charge in [0, 0.05) is 6.54 Å². The molecule has 0 heterocycles. The average molecular weight is 167 g/mol. The topological polar surface area (TPSA) is 58.6 Å². The number of amides is 1. The third-order valence-corrected chi connectivity index (χ3v) is 1.36. The maximum absolute atomic E-state index is 10.4. The largest absolute Gasteiger partial charge is 0.438 e. The van der Waals surface area contributed by atoms with Crippen LogP contribution in [0.4, 0.5) is 4.79 Å². The third kappa shape index (κ3) is 2.59. The lowest BCUT2D eigenvalue weighted by Gasteiger charge is -2.00. The second kappa shape index (κ2) is 4.35. The van der Waals surface area contributed by atoms with Crippen molar-refractivity contribution in [3.05, 3.63) is 35.9 Å². The highest BCUT2D eigenvalue weighted by Gasteiger charge is 1.98. The van der Waals surface area contributed by atoms with E-state index in [4.69, 9.17) is 5.26 Å². The first-order valence-electron chi connectivity index (χ1n) is 3.46. The fourth-order valence-corrected chi connectivity index (χ4v) is 0.802. The van der Waals surface area contributed by atoms with Gasteiger partial charge in [-0.3, -0.25) is 4.89 Å². The molecule has 4 nitrogen and oxygen atoms in total. The highest BCUT2D eigenvalue weighted by molar-refractivity contribution is 5.66. The lowest BCUT2D eigenvalue weighted by Crippen LogP contribution is -2.22. The van der Waals surface area contributed by atoms with Crippen LogP contribution in [-0.4, -0.2) is 11.4 Å². The van der Waals surface area contributed by atoms with Crippen molar-refractivity contribution in [3.63, 3.8) is 0 Å². The minimum absolute atomic E-state index is 0.347. The standard InChI is InChI=1S/C8H9NO3/c10-8(12-11)9-6-7-4-2-1-3-5-7/h1-5,11H,6H2,(H,9,10). The Morgan fingerprint density at radius 1 is 1.42 bits per heavy atom. The molecular formula is C8H9NO3. The van der Waals surface area contributed by atoms with E-state index in [0.29, 0.717) is 6.54 Å². The monoisotopic (exact) mass is 167 g/mol. The van der Waals surface area contributed by atoms with Crippen molar-refractivity contribution in [3.8, 4) is 0 Å². The van der Waals surface area contributed by atoms with Crippen LogP contribution >= 0.6 is 0 Å². The summed E-state index contributed by atoms with van der Waals surface area (Å²) < 4.78 is 0. The van der Waals surface area contributed by atoms with Gasteiger partial charge in [-0.15, -0.1) is 0 Å². The lowest BCUT2D eigenvalue weighted by atomic mass is 10.2. The van der Waals surface area contributed by atoms with Crippen LogP contribution in [0.5, 0.6) is 0 Å². The number of benzene rings is 1. The second-order valence-electron chi connectivity index (χ2n) is 2.22. The molecule has 0 atom stereocenters. The Morgan fingerprint density at radius 2 is 2.08 bits per heavy atom. The van der Waals surface area contributed by atoms with Gasteiger partial charge in [-0.2, -0.15) is 5.26 Å². The molecule has 4 heteroatoms. The SMILES string of the molecule is O=C(NCc1ccccc1)OO. The van der Waals surface area contributed by atoms with Gasteiger partial charge < -0.3 is 5.32 Å². The maximum Gasteiger partial charge on any atom is 0.438 e. The summed E-state index contributed by atoms with van der Waals surface area (Å²) in [4.78, 5) is 13.8. The van der Waals surface area contributed by atoms with Crippen molar-refractivity contribution in [2.75, 3.05) is 0 Å². The van der Waals surface area contributed by atoms with Crippen LogP contribution in [0.25, 0.3) is 0 Å². The quantitative estimate of drug-likeness (QED) is 0.516. The minimum Gasteiger partial charge on any atom is -0.315 e. The van der Waals surface area contributed by atoms with Crippen molar-refractivity contribution in [1.29, 1.82) is 0 Å². The van der Waals surface area contributed by atoms with Gasteiger partial charge in [0.1, 0.15) is 0 Å². The molecule has 0 aliphatic carbocycles. The Bertz CT molecular complexity index is 248. The molecule has 1 amide bonds. The molecule has 0 radical (unpaired) electrons. The first-order chi connectivity index (χ1) is 5.83. The smallest absolute Gasteiger partial charge is 0.315 e. The van der Waals surface area contributed by atoms with Crippen molar-refractivity contribution in [1.82, 2.24) is 5.32 Å². The van der Waals surface area contributed by atoms with E-state index < -0.39 is 6.09 Å². The number of hydrogen-bond acceptors (Lipinski definition) is 3. The summed E-state index contributed by atoms with van der Waals surface area (Å²) in [6.45, 7) is 0.347. The van der Waals surface area contributed by atoms with Crippen LogP contribution in [0.2, 0.25) is 0 Å². The molecule has 0 spiro atoms. The maximum atomic E-state index is 10.4. The minimum atomic E-state index is -0.848. The number of nitrogens with one attached hydrogen (secondary N) is 1. The molecule has 2 N–H and O–H groups in total. The zero-order chi connectivity index (χ0) is 8.81. The molecule has 1 aromatic rings. The van der Waals surface area contributed by atoms with Gasteiger partial charge in [0.2, 0.25) is 0 Å². The number of carbonyl (C=O) groups excluding carboxylic acids is 1. The molecule has 0 bridgehead atoms. The van der Waals surface area contributed by atoms with Crippen molar-refractivity contribution in [2.24, 2.45) is 0 Å². The Morgan fingerprint density at radius 3 is 2.67 bits per heavy atom. The molecule has 0 saturated heterocycles. The van der Waals surface area contributed by atoms with Gasteiger partial charge in [-0.25, -0.2) is 4.79 Å². The zero-order valence-electron chi connectivity index (χ0n) is 6.36. The summed E-state index contributed by atoms with van der Waals surface area (Å²) in [6.07, 6.45) is -0.848. The highest BCUT2D eigenvalue weighted by atomic mass is 17.1. The van der Waals surface area contributed by atoms with Crippen LogP contribution in [0.1, 0.15) is 5.56 Å². The Hall–Kier alpha value is -1.55. The first kappa shape index (κ1) is 8.55. The van der Waals surface area contributed by atoms with Gasteiger partial charge in [-0.1, -0.05) is 30.3 Å². The molecule has 0 aliphatic heterocycles. The molecule has 0 fully saturated rings. The Labute approximate surface area is 69.7 Å². The summed E-state index contributed by atoms with van der Waals surface area (Å²) in [6, 6.07) is 9.33. The van der Waals surface area contributed by atoms with Gasteiger partial charge in [0.25, 0.3) is 0 Å². The van der Waals surface area contributed by atoms with E-state index >= 15 is 0 Å². The van der Waals surface area contributed by atoms with E-state index in [-0.39, 0.29) is 0 Å². The second-order valence-corrected chi connectivity index (χ2v) is 2.22. The van der Waals surface area contributed by atoms with E-state index in [1.54, 1.807) is 0 Å². The van der Waals surface area contributed by atoms with Crippen molar-refractivity contribution < 1.29 is 14.9 Å². The van der Waals surface area contributed by atoms with Crippen molar-refractivity contribution >= 4 is 6.09 Å². The van der Waals surface area contributed by atoms with Gasteiger partial charge >= 0.3 is 6.09 Å². The highest BCUT2D eigenvalue weighted by Crippen LogP contribution is 1.96. The van der Waals surface area contributed by atoms with E-state index in [9.17, 15) is 4.79 Å². The molecule has 64 valence electrons. The molecule has 1 rings (SSSR count). The Balaban J connectivity index is 2.38. The number of rotatable bonds is 2. The van der Waals surface area contributed by atoms with E-state index in [1.807, 2.05) is 30.3 Å². The number of hydrogen-bond donors (Lipinski definition) is 2. The summed E-state index contributed by atoms with van der Waals surface area (Å²) in [5.74, 6) is 0. The molecule has 0 aliphatic rings. The molecular weight excluding hydrogens is 158 g/mol. The summed E-state index contributed by atoms with van der Waals surface area (Å²) >= 11 is 0. The van der Waals surface area contributed by atoms with E-state index in [2.05, 4.69) is 10.2 Å². The van der Waals surface area contributed by atoms with Crippen LogP contribution in [-0.2, 0) is 11.4 Å². The predicted molar refractivity (Wildman–Crippen MR) is 42.4 cm³/mol. The van der Waals surface area contributed by atoms with Crippen LogP contribution in [0.15, 0.2) is 30.3 Å². The van der Waals surface area contributed by atoms with Crippen molar-refractivity contribution in [2.45, 2.75) is 6.54 Å². The molecule has 0 unspecified atom stereocenters. The summed E-state index contributed by atoms with van der Waals surface area (Å²) in [7, 11) is 0. The van der Waals surface area contributed by atoms with E-state index in [1.165, 1.54) is 0 Å². The zero-order valence-corrected chi connectivity index (χ0v) is 6.36. The molecule has 0 saturated carbocycles. The van der Waals surface area contributed by atoms with Crippen LogP contribution in [0.3, 0.4) is 0 Å². The summed E-state index contributed by atoms with van der Waals surface area (Å²) in [5, 5.41) is 10.2. The van der Waals surface area contributed by atoms with E-state index in [0.717, 1.165) is 5.56 Å². The Kier molecular flexibility index (Phi) is 3.10. The van der Waals surface area contributed by atoms with Gasteiger partial charge in [0.15, 0.2) is 0 Å². The third-order valence-electron chi connectivity index (χ3n) is 1.36. The molecule has 1 aromatic carbocycles. The molecule has 0 aromatic heterocycles. The fraction of sp³-hybridized carbons (Fsp3) is 0.125. The fourth-order valence-electron chi connectivity index (χ4n) is 0.802.